The summed E-state index contributed by atoms with van der Waals surface area (Å²) in [7, 11) is 0. The van der Waals surface area contributed by atoms with Crippen LogP contribution < -0.4 is 14.2 Å². The molecule has 0 radical (unpaired) electrons. The number of carbonyl (C=O) groups is 1. The number of ether oxygens (including phenoxy) is 4. The number of hydrogen-bond acceptors (Lipinski definition) is 8. The maximum atomic E-state index is 14.1. The Labute approximate surface area is 241 Å². The van der Waals surface area contributed by atoms with Crippen molar-refractivity contribution in [1.82, 2.24) is 20.0 Å². The smallest absolute Gasteiger partial charge is 0.481 e. The molecule has 0 unspecified atom stereocenters. The Morgan fingerprint density at radius 1 is 1.12 bits per heavy atom. The van der Waals surface area contributed by atoms with Gasteiger partial charge >= 0.3 is 18.4 Å². The normalized spacial score (nSPS) is 23.4. The lowest BCUT2D eigenvalue weighted by atomic mass is 9.87. The summed E-state index contributed by atoms with van der Waals surface area (Å²) in [5, 5.41) is 21.1. The van der Waals surface area contributed by atoms with Gasteiger partial charge in [-0.25, -0.2) is 4.68 Å². The van der Waals surface area contributed by atoms with Crippen molar-refractivity contribution in [3.8, 4) is 23.1 Å². The molecule has 2 aromatic heterocycles. The van der Waals surface area contributed by atoms with Crippen LogP contribution in [0, 0.1) is 5.92 Å². The number of aromatic nitrogens is 4. The number of carboxylic acid groups (broad SMARTS) is 1. The number of fused-ring (bicyclic) bond motifs is 2. The monoisotopic (exact) mass is 610 g/mol. The first kappa shape index (κ1) is 29.1. The second kappa shape index (κ2) is 10.9. The van der Waals surface area contributed by atoms with Crippen molar-refractivity contribution >= 4 is 5.97 Å². The second-order valence-corrected chi connectivity index (χ2v) is 10.8. The predicted molar refractivity (Wildman–Crippen MR) is 136 cm³/mol. The van der Waals surface area contributed by atoms with Crippen LogP contribution in [0.3, 0.4) is 0 Å². The van der Waals surface area contributed by atoms with Crippen LogP contribution in [-0.4, -0.2) is 43.5 Å². The molecule has 3 aliphatic rings. The highest BCUT2D eigenvalue weighted by Gasteiger charge is 2.44. The molecule has 0 amide bonds. The summed E-state index contributed by atoms with van der Waals surface area (Å²) in [6, 6.07) is 5.55. The zero-order valence-corrected chi connectivity index (χ0v) is 22.8. The molecular formula is C28H27F5N4O6. The van der Waals surface area contributed by atoms with Gasteiger partial charge in [-0.15, -0.1) is 13.9 Å². The minimum Gasteiger partial charge on any atom is -0.481 e. The molecule has 15 heteroatoms. The van der Waals surface area contributed by atoms with Gasteiger partial charge in [-0.05, 0) is 69.6 Å². The molecule has 6 rings (SSSR count). The summed E-state index contributed by atoms with van der Waals surface area (Å²) < 4.78 is 91.4. The van der Waals surface area contributed by atoms with Crippen LogP contribution in [0.4, 0.5) is 22.0 Å². The number of aliphatic carboxylic acids is 1. The maximum absolute atomic E-state index is 14.1. The first-order valence-electron chi connectivity index (χ1n) is 13.8. The summed E-state index contributed by atoms with van der Waals surface area (Å²) in [5.74, 6) is -1.64. The van der Waals surface area contributed by atoms with Crippen molar-refractivity contribution in [2.24, 2.45) is 5.92 Å². The molecule has 2 aliphatic carbocycles. The van der Waals surface area contributed by atoms with Gasteiger partial charge in [-0.1, -0.05) is 6.07 Å². The molecule has 10 nitrogen and oxygen atoms in total. The fourth-order valence-electron chi connectivity index (χ4n) is 5.86. The maximum Gasteiger partial charge on any atom is 0.586 e. The van der Waals surface area contributed by atoms with E-state index in [1.165, 1.54) is 35.1 Å². The predicted octanol–water partition coefficient (Wildman–Crippen LogP) is 6.18. The van der Waals surface area contributed by atoms with Crippen molar-refractivity contribution in [2.45, 2.75) is 82.7 Å². The summed E-state index contributed by atoms with van der Waals surface area (Å²) in [6.07, 6.45) is -5.98. The largest absolute Gasteiger partial charge is 0.586 e. The molecule has 1 fully saturated rings. The van der Waals surface area contributed by atoms with E-state index in [1.54, 1.807) is 6.92 Å². The number of nitrogens with zero attached hydrogens (tertiary/aromatic N) is 4. The van der Waals surface area contributed by atoms with E-state index < -0.39 is 42.3 Å². The molecular weight excluding hydrogens is 583 g/mol. The van der Waals surface area contributed by atoms with Crippen molar-refractivity contribution in [3.63, 3.8) is 0 Å². The third kappa shape index (κ3) is 5.94. The first-order valence-corrected chi connectivity index (χ1v) is 13.8. The van der Waals surface area contributed by atoms with Crippen LogP contribution in [-0.2, 0) is 22.1 Å². The summed E-state index contributed by atoms with van der Waals surface area (Å²) in [5.41, 5.74) is -0.0702. The van der Waals surface area contributed by atoms with Gasteiger partial charge in [-0.3, -0.25) is 4.79 Å². The highest BCUT2D eigenvalue weighted by Crippen LogP contribution is 2.44. The molecule has 0 spiro atoms. The van der Waals surface area contributed by atoms with Crippen LogP contribution in [0.1, 0.15) is 80.2 Å². The molecule has 1 N–H and O–H groups in total. The molecule has 0 saturated heterocycles. The van der Waals surface area contributed by atoms with Gasteiger partial charge in [0.1, 0.15) is 12.2 Å². The molecule has 1 aromatic carbocycles. The minimum absolute atomic E-state index is 0.0360. The Bertz CT molecular complexity index is 1520. The van der Waals surface area contributed by atoms with E-state index in [2.05, 4.69) is 24.8 Å². The lowest BCUT2D eigenvalue weighted by molar-refractivity contribution is -0.286. The molecule has 3 heterocycles. The number of halogens is 5. The van der Waals surface area contributed by atoms with Crippen LogP contribution >= 0.6 is 0 Å². The minimum atomic E-state index is -4.71. The molecule has 2 atom stereocenters. The third-order valence-corrected chi connectivity index (χ3v) is 7.92. The molecule has 0 bridgehead atoms. The van der Waals surface area contributed by atoms with E-state index in [9.17, 15) is 31.9 Å². The zero-order valence-electron chi connectivity index (χ0n) is 22.8. The fraction of sp³-hybridized carbons (Fsp3) is 0.500. The highest BCUT2D eigenvalue weighted by atomic mass is 19.4. The van der Waals surface area contributed by atoms with E-state index in [1.807, 2.05) is 0 Å². The summed E-state index contributed by atoms with van der Waals surface area (Å²) in [4.78, 5) is 11.3. The SMILES string of the molecule is C[C@H](Oc1cc(-n2nc(C(F)(F)F)c3c2[C@H](O[C@H]2CC[C@H](C(=O)O)CC2)CCC3)cnn1)c1ccc2c(c1)OC(F)(F)O2. The van der Waals surface area contributed by atoms with E-state index in [0.29, 0.717) is 44.1 Å². The molecule has 230 valence electrons. The number of carboxylic acids is 1. The number of hydrogen-bond donors (Lipinski definition) is 1. The molecule has 43 heavy (non-hydrogen) atoms. The van der Waals surface area contributed by atoms with E-state index >= 15 is 0 Å². The first-order chi connectivity index (χ1) is 20.4. The van der Waals surface area contributed by atoms with Gasteiger partial charge in [0.2, 0.25) is 5.88 Å². The fourth-order valence-corrected chi connectivity index (χ4v) is 5.86. The van der Waals surface area contributed by atoms with E-state index in [0.717, 1.165) is 0 Å². The van der Waals surface area contributed by atoms with Crippen LogP contribution in [0.15, 0.2) is 30.5 Å². The standard InChI is InChI=1S/C28H27F5N4O6/c1-14(16-7-10-20-22(11-16)43-28(32,33)42-20)40-23-12-17(13-34-35-23)37-24-19(25(36-37)27(29,30)31)3-2-4-21(24)41-18-8-5-15(6-9-18)26(38)39/h7,10-15,18,21H,2-6,8-9H2,1H3,(H,38,39)/t14-,15-,18-,21+/m0/s1. The Morgan fingerprint density at radius 2 is 1.86 bits per heavy atom. The van der Waals surface area contributed by atoms with E-state index in [4.69, 9.17) is 9.47 Å². The quantitative estimate of drug-likeness (QED) is 0.313. The topological polar surface area (TPSA) is 118 Å². The van der Waals surface area contributed by atoms with Gasteiger partial charge in [0.05, 0.1) is 29.6 Å². The second-order valence-electron chi connectivity index (χ2n) is 10.8. The van der Waals surface area contributed by atoms with Crippen molar-refractivity contribution in [2.75, 3.05) is 0 Å². The lowest BCUT2D eigenvalue weighted by Gasteiger charge is -2.32. The average molecular weight is 611 g/mol. The van der Waals surface area contributed by atoms with Gasteiger partial charge < -0.3 is 24.1 Å². The van der Waals surface area contributed by atoms with E-state index in [-0.39, 0.29) is 46.8 Å². The van der Waals surface area contributed by atoms with Crippen molar-refractivity contribution in [3.05, 3.63) is 53.0 Å². The van der Waals surface area contributed by atoms with Gasteiger partial charge in [0.25, 0.3) is 0 Å². The Morgan fingerprint density at radius 3 is 2.58 bits per heavy atom. The van der Waals surface area contributed by atoms with Gasteiger partial charge in [-0.2, -0.15) is 23.4 Å². The molecule has 1 saturated carbocycles. The van der Waals surface area contributed by atoms with Crippen LogP contribution in [0.5, 0.6) is 17.4 Å². The number of alkyl halides is 5. The van der Waals surface area contributed by atoms with Crippen molar-refractivity contribution in [1.29, 1.82) is 0 Å². The Kier molecular flexibility index (Phi) is 7.39. The third-order valence-electron chi connectivity index (χ3n) is 7.92. The summed E-state index contributed by atoms with van der Waals surface area (Å²) in [6.45, 7) is 1.63. The number of benzene rings is 1. The van der Waals surface area contributed by atoms with Crippen LogP contribution in [0.2, 0.25) is 0 Å². The molecule has 1 aliphatic heterocycles. The lowest BCUT2D eigenvalue weighted by Crippen LogP contribution is -2.29. The highest BCUT2D eigenvalue weighted by molar-refractivity contribution is 5.70. The Balaban J connectivity index is 1.27. The Hall–Kier alpha value is -4.01. The number of rotatable bonds is 7. The summed E-state index contributed by atoms with van der Waals surface area (Å²) >= 11 is 0. The van der Waals surface area contributed by atoms with Crippen molar-refractivity contribution < 1.29 is 50.8 Å². The molecule has 3 aromatic rings. The zero-order chi connectivity index (χ0) is 30.5. The van der Waals surface area contributed by atoms with Gasteiger partial charge in [0.15, 0.2) is 17.2 Å². The average Bonchev–Trinajstić information content (AvgIpc) is 3.50. The van der Waals surface area contributed by atoms with Crippen LogP contribution in [0.25, 0.3) is 5.69 Å². The van der Waals surface area contributed by atoms with Gasteiger partial charge in [0, 0.05) is 11.6 Å².